The zero-order chi connectivity index (χ0) is 24.3. The van der Waals surface area contributed by atoms with E-state index in [2.05, 4.69) is 25.9 Å². The Morgan fingerprint density at radius 1 is 1.26 bits per heavy atom. The average Bonchev–Trinajstić information content (AvgIpc) is 3.33. The second-order valence-electron chi connectivity index (χ2n) is 9.06. The zero-order valence-electron chi connectivity index (χ0n) is 20.1. The molecule has 1 fully saturated rings. The highest BCUT2D eigenvalue weighted by atomic mass is 16.5. The van der Waals surface area contributed by atoms with Crippen LogP contribution in [0.5, 0.6) is 11.5 Å². The summed E-state index contributed by atoms with van der Waals surface area (Å²) in [6.45, 7) is 6.16. The molecule has 0 saturated heterocycles. The Morgan fingerprint density at radius 2 is 2.03 bits per heavy atom. The lowest BCUT2D eigenvalue weighted by molar-refractivity contribution is -0.133. The minimum absolute atomic E-state index is 0.0638. The number of fused-ring (bicyclic) bond motifs is 1. The van der Waals surface area contributed by atoms with Gasteiger partial charge in [-0.25, -0.2) is 4.98 Å². The molecule has 1 aliphatic heterocycles. The first-order valence-electron chi connectivity index (χ1n) is 11.6. The number of hydrogen-bond donors (Lipinski definition) is 3. The Morgan fingerprint density at radius 3 is 2.74 bits per heavy atom. The summed E-state index contributed by atoms with van der Waals surface area (Å²) in [6.07, 6.45) is 5.73. The van der Waals surface area contributed by atoms with Gasteiger partial charge in [-0.05, 0) is 38.8 Å². The molecular weight excluding hydrogens is 436 g/mol. The van der Waals surface area contributed by atoms with Crippen LogP contribution in [0.15, 0.2) is 24.4 Å². The summed E-state index contributed by atoms with van der Waals surface area (Å²) < 4.78 is 11.5. The molecule has 4 rings (SSSR count). The standard InChI is InChI=1S/C24H32N6O4/c1-15(31)25-11-12-26-16-9-10-18(19(13-16)33-4)28-23-27-14-20-21(29-23)30(17-7-5-6-8-17)22(32)24(2,3)34-20/h9-10,13-14,17,26H,5-8,11-12H2,1-4H3,(H,25,31)(H,27,28,29). The van der Waals surface area contributed by atoms with Crippen LogP contribution in [0.1, 0.15) is 46.5 Å². The number of carbonyl (C=O) groups is 2. The molecule has 34 heavy (non-hydrogen) atoms. The zero-order valence-corrected chi connectivity index (χ0v) is 20.1. The number of ether oxygens (including phenoxy) is 2. The van der Waals surface area contributed by atoms with Crippen molar-refractivity contribution in [2.45, 2.75) is 58.1 Å². The van der Waals surface area contributed by atoms with Gasteiger partial charge in [0.15, 0.2) is 17.2 Å². The second kappa shape index (κ2) is 9.74. The highest BCUT2D eigenvalue weighted by Crippen LogP contribution is 2.41. The molecule has 2 amide bonds. The van der Waals surface area contributed by atoms with Crippen LogP contribution in [0, 0.1) is 0 Å². The molecule has 10 nitrogen and oxygen atoms in total. The summed E-state index contributed by atoms with van der Waals surface area (Å²) in [5, 5.41) is 9.19. The Labute approximate surface area is 199 Å². The number of benzene rings is 1. The summed E-state index contributed by atoms with van der Waals surface area (Å²) in [5.74, 6) is 1.82. The number of aromatic nitrogens is 2. The number of rotatable bonds is 8. The summed E-state index contributed by atoms with van der Waals surface area (Å²) in [6, 6.07) is 5.74. The fourth-order valence-electron chi connectivity index (χ4n) is 4.34. The molecule has 2 aliphatic rings. The third kappa shape index (κ3) is 5.00. The quantitative estimate of drug-likeness (QED) is 0.506. The highest BCUT2D eigenvalue weighted by molar-refractivity contribution is 6.02. The minimum atomic E-state index is -0.958. The fraction of sp³-hybridized carbons (Fsp3) is 0.500. The third-order valence-electron chi connectivity index (χ3n) is 6.03. The van der Waals surface area contributed by atoms with Crippen LogP contribution in [0.4, 0.5) is 23.1 Å². The van der Waals surface area contributed by atoms with Gasteiger partial charge < -0.3 is 25.4 Å². The van der Waals surface area contributed by atoms with Crippen LogP contribution < -0.4 is 30.3 Å². The first-order chi connectivity index (χ1) is 16.3. The van der Waals surface area contributed by atoms with Crippen LogP contribution in [0.2, 0.25) is 0 Å². The summed E-state index contributed by atoms with van der Waals surface area (Å²) in [5.41, 5.74) is 0.582. The normalized spacial score (nSPS) is 17.1. The minimum Gasteiger partial charge on any atom is -0.494 e. The number of anilines is 4. The summed E-state index contributed by atoms with van der Waals surface area (Å²) in [7, 11) is 1.59. The van der Waals surface area contributed by atoms with E-state index in [0.717, 1.165) is 31.4 Å². The van der Waals surface area contributed by atoms with Crippen molar-refractivity contribution in [3.8, 4) is 11.5 Å². The molecule has 1 aliphatic carbocycles. The van der Waals surface area contributed by atoms with Crippen LogP contribution in [0.3, 0.4) is 0 Å². The van der Waals surface area contributed by atoms with Crippen molar-refractivity contribution in [1.29, 1.82) is 0 Å². The molecule has 1 aromatic carbocycles. The van der Waals surface area contributed by atoms with E-state index in [4.69, 9.17) is 9.47 Å². The second-order valence-corrected chi connectivity index (χ2v) is 9.06. The third-order valence-corrected chi connectivity index (χ3v) is 6.03. The van der Waals surface area contributed by atoms with Crippen LogP contribution in [-0.4, -0.2) is 53.6 Å². The van der Waals surface area contributed by atoms with Gasteiger partial charge in [-0.2, -0.15) is 4.98 Å². The van der Waals surface area contributed by atoms with Crippen molar-refractivity contribution in [3.63, 3.8) is 0 Å². The van der Waals surface area contributed by atoms with E-state index in [1.54, 1.807) is 32.1 Å². The Bertz CT molecular complexity index is 1070. The van der Waals surface area contributed by atoms with Crippen LogP contribution in [0.25, 0.3) is 0 Å². The Balaban J connectivity index is 1.55. The molecule has 1 aromatic heterocycles. The van der Waals surface area contributed by atoms with E-state index in [0.29, 0.717) is 42.0 Å². The first kappa shape index (κ1) is 23.6. The lowest BCUT2D eigenvalue weighted by Crippen LogP contribution is -2.55. The Hall–Kier alpha value is -3.56. The molecule has 0 radical (unpaired) electrons. The number of amides is 2. The summed E-state index contributed by atoms with van der Waals surface area (Å²) >= 11 is 0. The topological polar surface area (TPSA) is 118 Å². The van der Waals surface area contributed by atoms with Gasteiger partial charge >= 0.3 is 0 Å². The number of hydrogen-bond acceptors (Lipinski definition) is 8. The van der Waals surface area contributed by atoms with E-state index in [-0.39, 0.29) is 17.9 Å². The molecule has 0 spiro atoms. The molecule has 2 aromatic rings. The van der Waals surface area contributed by atoms with Gasteiger partial charge in [-0.1, -0.05) is 12.8 Å². The lowest BCUT2D eigenvalue weighted by Gasteiger charge is -2.40. The van der Waals surface area contributed by atoms with E-state index < -0.39 is 5.60 Å². The van der Waals surface area contributed by atoms with E-state index in [1.165, 1.54) is 6.92 Å². The highest BCUT2D eigenvalue weighted by Gasteiger charge is 2.45. The molecule has 0 atom stereocenters. The fourth-order valence-corrected chi connectivity index (χ4v) is 4.34. The predicted molar refractivity (Wildman–Crippen MR) is 130 cm³/mol. The number of nitrogens with one attached hydrogen (secondary N) is 3. The van der Waals surface area contributed by atoms with E-state index in [9.17, 15) is 9.59 Å². The van der Waals surface area contributed by atoms with Crippen molar-refractivity contribution in [3.05, 3.63) is 24.4 Å². The van der Waals surface area contributed by atoms with Crippen LogP contribution in [-0.2, 0) is 9.59 Å². The van der Waals surface area contributed by atoms with E-state index in [1.807, 2.05) is 18.2 Å². The predicted octanol–water partition coefficient (Wildman–Crippen LogP) is 3.22. The molecular formula is C24H32N6O4. The first-order valence-corrected chi connectivity index (χ1v) is 11.6. The number of carbonyl (C=O) groups excluding carboxylic acids is 2. The van der Waals surface area contributed by atoms with Gasteiger partial charge in [0.1, 0.15) is 5.75 Å². The van der Waals surface area contributed by atoms with Crippen LogP contribution >= 0.6 is 0 Å². The van der Waals surface area contributed by atoms with Gasteiger partial charge in [0.05, 0.1) is 19.0 Å². The molecule has 10 heteroatoms. The monoisotopic (exact) mass is 468 g/mol. The number of nitrogens with zero attached hydrogens (tertiary/aromatic N) is 3. The molecule has 1 saturated carbocycles. The maximum atomic E-state index is 13.2. The van der Waals surface area contributed by atoms with Gasteiger partial charge in [0, 0.05) is 37.8 Å². The van der Waals surface area contributed by atoms with Gasteiger partial charge in [-0.15, -0.1) is 0 Å². The smallest absolute Gasteiger partial charge is 0.272 e. The van der Waals surface area contributed by atoms with Gasteiger partial charge in [0.25, 0.3) is 5.91 Å². The average molecular weight is 469 g/mol. The van der Waals surface area contributed by atoms with Crippen molar-refractivity contribution < 1.29 is 19.1 Å². The van der Waals surface area contributed by atoms with Gasteiger partial charge in [-0.3, -0.25) is 14.5 Å². The van der Waals surface area contributed by atoms with Crippen molar-refractivity contribution >= 4 is 35.0 Å². The SMILES string of the molecule is COc1cc(NCCNC(C)=O)ccc1Nc1ncc2c(n1)N(C1CCCC1)C(=O)C(C)(C)O2. The van der Waals surface area contributed by atoms with Gasteiger partial charge in [0.2, 0.25) is 11.9 Å². The Kier molecular flexibility index (Phi) is 6.76. The molecule has 0 bridgehead atoms. The van der Waals surface area contributed by atoms with Crippen molar-refractivity contribution in [1.82, 2.24) is 15.3 Å². The maximum absolute atomic E-state index is 13.2. The van der Waals surface area contributed by atoms with Crippen molar-refractivity contribution in [2.75, 3.05) is 35.7 Å². The molecule has 0 unspecified atom stereocenters. The van der Waals surface area contributed by atoms with E-state index >= 15 is 0 Å². The summed E-state index contributed by atoms with van der Waals surface area (Å²) in [4.78, 5) is 35.1. The maximum Gasteiger partial charge on any atom is 0.272 e. The largest absolute Gasteiger partial charge is 0.494 e. The molecule has 182 valence electrons. The molecule has 2 heterocycles. The molecule has 3 N–H and O–H groups in total. The van der Waals surface area contributed by atoms with Crippen molar-refractivity contribution in [2.24, 2.45) is 0 Å². The lowest BCUT2D eigenvalue weighted by atomic mass is 10.0. The number of methoxy groups -OCH3 is 1.